The Labute approximate surface area is 149 Å². The summed E-state index contributed by atoms with van der Waals surface area (Å²) in [6.07, 6.45) is -0.529. The molecule has 0 bridgehead atoms. The van der Waals surface area contributed by atoms with Crippen molar-refractivity contribution in [3.63, 3.8) is 0 Å². The van der Waals surface area contributed by atoms with Gasteiger partial charge in [0.1, 0.15) is 5.60 Å². The van der Waals surface area contributed by atoms with Crippen LogP contribution in [0.1, 0.15) is 26.5 Å². The molecule has 1 aromatic carbocycles. The first-order chi connectivity index (χ1) is 10.2. The van der Waals surface area contributed by atoms with Gasteiger partial charge in [0, 0.05) is 13.4 Å². The van der Waals surface area contributed by atoms with Crippen molar-refractivity contribution in [2.45, 2.75) is 32.9 Å². The lowest BCUT2D eigenvalue weighted by Gasteiger charge is -2.19. The van der Waals surface area contributed by atoms with Crippen molar-refractivity contribution < 1.29 is 9.53 Å². The summed E-state index contributed by atoms with van der Waals surface area (Å²) < 4.78 is 6.83. The van der Waals surface area contributed by atoms with Gasteiger partial charge in [-0.15, -0.1) is 0 Å². The number of rotatable bonds is 2. The Morgan fingerprint density at radius 2 is 2.14 bits per heavy atom. The average Bonchev–Trinajstić information content (AvgIpc) is 2.35. The van der Waals surface area contributed by atoms with E-state index in [1.807, 2.05) is 12.1 Å². The Morgan fingerprint density at radius 1 is 1.45 bits per heavy atom. The first-order valence-electron chi connectivity index (χ1n) is 6.50. The lowest BCUT2D eigenvalue weighted by molar-refractivity contribution is 0.0523. The van der Waals surface area contributed by atoms with E-state index in [-0.39, 0.29) is 12.1 Å². The number of nitrogens with zero attached hydrogens (tertiary/aromatic N) is 1. The molecule has 0 aliphatic rings. The molecule has 118 valence electrons. The van der Waals surface area contributed by atoms with Crippen molar-refractivity contribution >= 4 is 55.4 Å². The lowest BCUT2D eigenvalue weighted by Crippen LogP contribution is -2.32. The number of carbonyl (C=O) groups is 1. The van der Waals surface area contributed by atoms with E-state index in [2.05, 4.69) is 54.0 Å². The lowest BCUT2D eigenvalue weighted by atomic mass is 10.1. The molecule has 0 radical (unpaired) electrons. The first kappa shape index (κ1) is 17.2. The summed E-state index contributed by atoms with van der Waals surface area (Å²) in [6.45, 7) is 5.54. The minimum absolute atomic E-state index is 0.161. The van der Waals surface area contributed by atoms with Gasteiger partial charge in [-0.05, 0) is 55.5 Å². The summed E-state index contributed by atoms with van der Waals surface area (Å²) >= 11 is 5.50. The normalized spacial score (nSPS) is 11.5. The van der Waals surface area contributed by atoms with Crippen LogP contribution in [0.5, 0.6) is 0 Å². The fourth-order valence-corrected chi connectivity index (χ4v) is 3.63. The molecule has 0 aliphatic heterocycles. The van der Waals surface area contributed by atoms with Crippen LogP contribution in [0.3, 0.4) is 0 Å². The molecule has 22 heavy (non-hydrogen) atoms. The highest BCUT2D eigenvalue weighted by Crippen LogP contribution is 2.24. The molecule has 0 aliphatic carbocycles. The maximum absolute atomic E-state index is 11.9. The standard InChI is InChI=1S/C14H15BrIN3O3/c1-14(2,3)22-13(21)17-6-10-8-4-7(15)5-9(16)11(8)12(20)19-18-10/h4-5H,6H2,1-3H3,(H,17,21)(H,19,20). The zero-order chi connectivity index (χ0) is 16.5. The summed E-state index contributed by atoms with van der Waals surface area (Å²) in [4.78, 5) is 23.7. The van der Waals surface area contributed by atoms with Gasteiger partial charge >= 0.3 is 6.09 Å². The number of ether oxygens (including phenoxy) is 1. The minimum atomic E-state index is -0.566. The van der Waals surface area contributed by atoms with Crippen LogP contribution >= 0.6 is 38.5 Å². The highest BCUT2D eigenvalue weighted by molar-refractivity contribution is 14.1. The topological polar surface area (TPSA) is 84.1 Å². The molecule has 8 heteroatoms. The number of nitrogens with one attached hydrogen (secondary N) is 2. The largest absolute Gasteiger partial charge is 0.444 e. The summed E-state index contributed by atoms with van der Waals surface area (Å²) in [5.74, 6) is 0. The zero-order valence-corrected chi connectivity index (χ0v) is 16.0. The van der Waals surface area contributed by atoms with E-state index in [0.29, 0.717) is 16.5 Å². The number of carbonyl (C=O) groups excluding carboxylic acids is 1. The third-order valence-electron chi connectivity index (χ3n) is 2.68. The van der Waals surface area contributed by atoms with Crippen molar-refractivity contribution in [2.24, 2.45) is 0 Å². The van der Waals surface area contributed by atoms with Crippen LogP contribution in [0.25, 0.3) is 10.8 Å². The monoisotopic (exact) mass is 479 g/mol. The van der Waals surface area contributed by atoms with Crippen molar-refractivity contribution in [1.29, 1.82) is 0 Å². The van der Waals surface area contributed by atoms with Gasteiger partial charge < -0.3 is 10.1 Å². The second-order valence-corrected chi connectivity index (χ2v) is 7.74. The first-order valence-corrected chi connectivity index (χ1v) is 8.38. The zero-order valence-electron chi connectivity index (χ0n) is 12.3. The van der Waals surface area contributed by atoms with Crippen LogP contribution in [0.2, 0.25) is 0 Å². The van der Waals surface area contributed by atoms with Gasteiger partial charge in [-0.2, -0.15) is 5.10 Å². The van der Waals surface area contributed by atoms with E-state index < -0.39 is 11.7 Å². The number of alkyl carbamates (subject to hydrolysis) is 1. The third-order valence-corrected chi connectivity index (χ3v) is 3.99. The van der Waals surface area contributed by atoms with E-state index in [1.54, 1.807) is 20.8 Å². The Balaban J connectivity index is 2.31. The maximum Gasteiger partial charge on any atom is 0.407 e. The molecule has 1 amide bonds. The molecule has 2 rings (SSSR count). The second kappa shape index (κ2) is 6.53. The van der Waals surface area contributed by atoms with Gasteiger partial charge in [-0.25, -0.2) is 9.89 Å². The fraction of sp³-hybridized carbons (Fsp3) is 0.357. The van der Waals surface area contributed by atoms with Crippen LogP contribution in [0, 0.1) is 3.57 Å². The predicted octanol–water partition coefficient (Wildman–Crippen LogP) is 3.31. The summed E-state index contributed by atoms with van der Waals surface area (Å²) in [7, 11) is 0. The van der Waals surface area contributed by atoms with Crippen LogP contribution in [-0.4, -0.2) is 21.9 Å². The number of amides is 1. The molecule has 6 nitrogen and oxygen atoms in total. The van der Waals surface area contributed by atoms with Gasteiger partial charge in [0.05, 0.1) is 17.6 Å². The van der Waals surface area contributed by atoms with Crippen molar-refractivity contribution in [2.75, 3.05) is 0 Å². The number of hydrogen-bond donors (Lipinski definition) is 2. The molecule has 0 atom stereocenters. The Morgan fingerprint density at radius 3 is 2.77 bits per heavy atom. The number of benzene rings is 1. The number of fused-ring (bicyclic) bond motifs is 1. The average molecular weight is 480 g/mol. The van der Waals surface area contributed by atoms with E-state index >= 15 is 0 Å². The third kappa shape index (κ3) is 4.19. The van der Waals surface area contributed by atoms with E-state index in [1.165, 1.54) is 0 Å². The Bertz CT molecular complexity index is 783. The van der Waals surface area contributed by atoms with Crippen LogP contribution in [-0.2, 0) is 11.3 Å². The Kier molecular flexibility index (Phi) is 5.10. The van der Waals surface area contributed by atoms with Gasteiger partial charge in [0.2, 0.25) is 0 Å². The summed E-state index contributed by atoms with van der Waals surface area (Å²) in [5, 5.41) is 10.4. The summed E-state index contributed by atoms with van der Waals surface area (Å²) in [6, 6.07) is 3.66. The van der Waals surface area contributed by atoms with Crippen molar-refractivity contribution in [1.82, 2.24) is 15.5 Å². The minimum Gasteiger partial charge on any atom is -0.444 e. The number of halogens is 2. The quantitative estimate of drug-likeness (QED) is 0.647. The highest BCUT2D eigenvalue weighted by atomic mass is 127. The number of aromatic amines is 1. The molecular weight excluding hydrogens is 465 g/mol. The van der Waals surface area contributed by atoms with Gasteiger partial charge in [0.25, 0.3) is 5.56 Å². The van der Waals surface area contributed by atoms with Crippen LogP contribution in [0.4, 0.5) is 4.79 Å². The molecule has 0 spiro atoms. The number of hydrogen-bond acceptors (Lipinski definition) is 4. The van der Waals surface area contributed by atoms with E-state index in [9.17, 15) is 9.59 Å². The molecule has 0 saturated carbocycles. The molecule has 2 N–H and O–H groups in total. The SMILES string of the molecule is CC(C)(C)OC(=O)NCc1n[nH]c(=O)c2c(I)cc(Br)cc12. The highest BCUT2D eigenvalue weighted by Gasteiger charge is 2.17. The fourth-order valence-electron chi connectivity index (χ4n) is 1.87. The molecular formula is C14H15BrIN3O3. The van der Waals surface area contributed by atoms with E-state index in [4.69, 9.17) is 4.74 Å². The molecule has 0 saturated heterocycles. The molecule has 0 fully saturated rings. The Hall–Kier alpha value is -1.16. The van der Waals surface area contributed by atoms with Gasteiger partial charge in [-0.1, -0.05) is 15.9 Å². The van der Waals surface area contributed by atoms with Crippen LogP contribution < -0.4 is 10.9 Å². The van der Waals surface area contributed by atoms with Crippen LogP contribution in [0.15, 0.2) is 21.4 Å². The number of H-pyrrole nitrogens is 1. The molecule has 1 aromatic heterocycles. The van der Waals surface area contributed by atoms with Gasteiger partial charge in [0.15, 0.2) is 0 Å². The maximum atomic E-state index is 11.9. The van der Waals surface area contributed by atoms with Crippen molar-refractivity contribution in [3.05, 3.63) is 36.2 Å². The van der Waals surface area contributed by atoms with Gasteiger partial charge in [-0.3, -0.25) is 4.79 Å². The van der Waals surface area contributed by atoms with Crippen molar-refractivity contribution in [3.8, 4) is 0 Å². The molecule has 1 heterocycles. The molecule has 0 unspecified atom stereocenters. The number of aromatic nitrogens is 2. The molecule has 2 aromatic rings. The second-order valence-electron chi connectivity index (χ2n) is 5.67. The van der Waals surface area contributed by atoms with E-state index in [0.717, 1.165) is 8.04 Å². The summed E-state index contributed by atoms with van der Waals surface area (Å²) in [5.41, 5.74) is -0.254. The smallest absolute Gasteiger partial charge is 0.407 e. The predicted molar refractivity (Wildman–Crippen MR) is 95.9 cm³/mol.